The van der Waals surface area contributed by atoms with E-state index in [0.29, 0.717) is 5.69 Å². The number of nitrogens with zero attached hydrogens (tertiary/aromatic N) is 2. The van der Waals surface area contributed by atoms with E-state index < -0.39 is 0 Å². The second-order valence-corrected chi connectivity index (χ2v) is 5.59. The van der Waals surface area contributed by atoms with E-state index in [2.05, 4.69) is 17.2 Å². The van der Waals surface area contributed by atoms with E-state index in [9.17, 15) is 4.39 Å². The monoisotopic (exact) mass is 259 g/mol. The van der Waals surface area contributed by atoms with Crippen LogP contribution >= 0.6 is 0 Å². The third-order valence-electron chi connectivity index (χ3n) is 3.99. The fraction of sp³-hybridized carbons (Fsp3) is 0.400. The number of rotatable bonds is 2. The first kappa shape index (κ1) is 12.4. The minimum absolute atomic E-state index is 0.0205. The Labute approximate surface area is 112 Å². The van der Waals surface area contributed by atoms with Gasteiger partial charge in [-0.2, -0.15) is 0 Å². The zero-order valence-corrected chi connectivity index (χ0v) is 11.3. The molecular weight excluding hydrogens is 241 g/mol. The standard InChI is InChI=1S/C15H18FN3/c1-11-3-4-12(16)13(7-11)19-10-18-8-14(19)15(2)5-6-17-9-15/h3-4,7-8,10,17H,5-6,9H2,1-2H3. The van der Waals surface area contributed by atoms with Crippen LogP contribution in [-0.4, -0.2) is 22.6 Å². The number of benzene rings is 1. The van der Waals surface area contributed by atoms with Crippen molar-refractivity contribution < 1.29 is 4.39 Å². The van der Waals surface area contributed by atoms with Crippen LogP contribution in [0.25, 0.3) is 5.69 Å². The van der Waals surface area contributed by atoms with E-state index in [-0.39, 0.29) is 11.2 Å². The van der Waals surface area contributed by atoms with Gasteiger partial charge in [-0.3, -0.25) is 4.57 Å². The molecule has 1 aromatic heterocycles. The summed E-state index contributed by atoms with van der Waals surface area (Å²) in [5.74, 6) is -0.209. The van der Waals surface area contributed by atoms with Crippen LogP contribution in [0.2, 0.25) is 0 Å². The van der Waals surface area contributed by atoms with Crippen molar-refractivity contribution in [2.75, 3.05) is 13.1 Å². The Balaban J connectivity index is 2.12. The number of halogens is 1. The summed E-state index contributed by atoms with van der Waals surface area (Å²) in [4.78, 5) is 4.23. The molecule has 1 unspecified atom stereocenters. The molecule has 3 rings (SSSR count). The summed E-state index contributed by atoms with van der Waals surface area (Å²) in [6, 6.07) is 5.17. The SMILES string of the molecule is Cc1ccc(F)c(-n2cncc2C2(C)CCNC2)c1. The summed E-state index contributed by atoms with van der Waals surface area (Å²) in [5.41, 5.74) is 2.72. The third-order valence-corrected chi connectivity index (χ3v) is 3.99. The number of hydrogen-bond donors (Lipinski definition) is 1. The van der Waals surface area contributed by atoms with Gasteiger partial charge in [0.05, 0.1) is 12.0 Å². The molecule has 1 saturated heterocycles. The number of nitrogens with one attached hydrogen (secondary N) is 1. The van der Waals surface area contributed by atoms with Gasteiger partial charge in [0.25, 0.3) is 0 Å². The first-order valence-electron chi connectivity index (χ1n) is 6.60. The molecule has 1 aliphatic rings. The number of aromatic nitrogens is 2. The van der Waals surface area contributed by atoms with Gasteiger partial charge >= 0.3 is 0 Å². The average molecular weight is 259 g/mol. The molecule has 1 aromatic carbocycles. The number of imidazole rings is 1. The Morgan fingerprint density at radius 1 is 1.42 bits per heavy atom. The maximum absolute atomic E-state index is 14.1. The fourth-order valence-electron chi connectivity index (χ4n) is 2.78. The van der Waals surface area contributed by atoms with Crippen molar-refractivity contribution in [3.8, 4) is 5.69 Å². The van der Waals surface area contributed by atoms with E-state index in [4.69, 9.17) is 0 Å². The lowest BCUT2D eigenvalue weighted by atomic mass is 9.86. The summed E-state index contributed by atoms with van der Waals surface area (Å²) in [7, 11) is 0. The molecule has 0 radical (unpaired) electrons. The Morgan fingerprint density at radius 2 is 2.26 bits per heavy atom. The topological polar surface area (TPSA) is 29.9 Å². The lowest BCUT2D eigenvalue weighted by Crippen LogP contribution is -2.27. The molecule has 19 heavy (non-hydrogen) atoms. The maximum Gasteiger partial charge on any atom is 0.147 e. The highest BCUT2D eigenvalue weighted by Gasteiger charge is 2.33. The molecule has 0 aliphatic carbocycles. The van der Waals surface area contributed by atoms with Gasteiger partial charge in [-0.25, -0.2) is 9.37 Å². The largest absolute Gasteiger partial charge is 0.316 e. The Bertz CT molecular complexity index is 597. The van der Waals surface area contributed by atoms with Gasteiger partial charge in [-0.15, -0.1) is 0 Å². The van der Waals surface area contributed by atoms with Crippen LogP contribution in [0.3, 0.4) is 0 Å². The molecule has 100 valence electrons. The van der Waals surface area contributed by atoms with Crippen molar-refractivity contribution in [3.05, 3.63) is 47.8 Å². The molecule has 0 amide bonds. The summed E-state index contributed by atoms with van der Waals surface area (Å²) < 4.78 is 15.9. The second kappa shape index (κ2) is 4.46. The van der Waals surface area contributed by atoms with Crippen molar-refractivity contribution in [2.24, 2.45) is 0 Å². The maximum atomic E-state index is 14.1. The summed E-state index contributed by atoms with van der Waals surface area (Å²) in [6.45, 7) is 6.08. The minimum atomic E-state index is -0.209. The van der Waals surface area contributed by atoms with Crippen molar-refractivity contribution in [1.29, 1.82) is 0 Å². The molecule has 1 N–H and O–H groups in total. The van der Waals surface area contributed by atoms with Crippen LogP contribution in [0, 0.1) is 12.7 Å². The summed E-state index contributed by atoms with van der Waals surface area (Å²) >= 11 is 0. The van der Waals surface area contributed by atoms with Crippen LogP contribution < -0.4 is 5.32 Å². The highest BCUT2D eigenvalue weighted by molar-refractivity contribution is 5.40. The van der Waals surface area contributed by atoms with Gasteiger partial charge in [0.15, 0.2) is 0 Å². The molecule has 3 nitrogen and oxygen atoms in total. The van der Waals surface area contributed by atoms with E-state index in [1.807, 2.05) is 23.8 Å². The fourth-order valence-corrected chi connectivity index (χ4v) is 2.78. The van der Waals surface area contributed by atoms with Gasteiger partial charge < -0.3 is 5.32 Å². The highest BCUT2D eigenvalue weighted by Crippen LogP contribution is 2.32. The van der Waals surface area contributed by atoms with Gasteiger partial charge in [0, 0.05) is 23.9 Å². The first-order valence-corrected chi connectivity index (χ1v) is 6.60. The lowest BCUT2D eigenvalue weighted by molar-refractivity contribution is 0.495. The quantitative estimate of drug-likeness (QED) is 0.898. The number of aryl methyl sites for hydroxylation is 1. The first-order chi connectivity index (χ1) is 9.10. The zero-order chi connectivity index (χ0) is 13.5. The number of hydrogen-bond acceptors (Lipinski definition) is 2. The van der Waals surface area contributed by atoms with Crippen molar-refractivity contribution in [2.45, 2.75) is 25.7 Å². The van der Waals surface area contributed by atoms with Crippen LogP contribution in [0.5, 0.6) is 0 Å². The van der Waals surface area contributed by atoms with Gasteiger partial charge in [-0.1, -0.05) is 13.0 Å². The summed E-state index contributed by atoms with van der Waals surface area (Å²) in [5, 5.41) is 3.37. The van der Waals surface area contributed by atoms with E-state index in [0.717, 1.165) is 30.8 Å². The van der Waals surface area contributed by atoms with Crippen LogP contribution in [0.15, 0.2) is 30.7 Å². The van der Waals surface area contributed by atoms with Gasteiger partial charge in [0.2, 0.25) is 0 Å². The Kier molecular flexibility index (Phi) is 2.90. The van der Waals surface area contributed by atoms with Gasteiger partial charge in [0.1, 0.15) is 5.82 Å². The Morgan fingerprint density at radius 3 is 3.00 bits per heavy atom. The highest BCUT2D eigenvalue weighted by atomic mass is 19.1. The van der Waals surface area contributed by atoms with E-state index >= 15 is 0 Å². The summed E-state index contributed by atoms with van der Waals surface area (Å²) in [6.07, 6.45) is 4.61. The molecule has 1 atom stereocenters. The predicted octanol–water partition coefficient (Wildman–Crippen LogP) is 2.57. The molecule has 1 fully saturated rings. The van der Waals surface area contributed by atoms with E-state index in [1.165, 1.54) is 6.07 Å². The molecule has 0 bridgehead atoms. The van der Waals surface area contributed by atoms with E-state index in [1.54, 1.807) is 12.4 Å². The van der Waals surface area contributed by atoms with Crippen molar-refractivity contribution in [1.82, 2.24) is 14.9 Å². The minimum Gasteiger partial charge on any atom is -0.316 e. The zero-order valence-electron chi connectivity index (χ0n) is 11.3. The van der Waals surface area contributed by atoms with Crippen LogP contribution in [0.4, 0.5) is 4.39 Å². The second-order valence-electron chi connectivity index (χ2n) is 5.59. The predicted molar refractivity (Wildman–Crippen MR) is 73.1 cm³/mol. The van der Waals surface area contributed by atoms with Crippen LogP contribution in [0.1, 0.15) is 24.6 Å². The molecular formula is C15H18FN3. The van der Waals surface area contributed by atoms with Crippen molar-refractivity contribution >= 4 is 0 Å². The normalized spacial score (nSPS) is 22.9. The molecule has 2 heterocycles. The average Bonchev–Trinajstić information content (AvgIpc) is 3.01. The smallest absolute Gasteiger partial charge is 0.147 e. The van der Waals surface area contributed by atoms with Gasteiger partial charge in [-0.05, 0) is 37.6 Å². The molecule has 0 saturated carbocycles. The third kappa shape index (κ3) is 2.06. The molecule has 0 spiro atoms. The van der Waals surface area contributed by atoms with Crippen LogP contribution in [-0.2, 0) is 5.41 Å². The Hall–Kier alpha value is -1.68. The lowest BCUT2D eigenvalue weighted by Gasteiger charge is -2.24. The molecule has 2 aromatic rings. The van der Waals surface area contributed by atoms with Crippen molar-refractivity contribution in [3.63, 3.8) is 0 Å². The molecule has 4 heteroatoms. The molecule has 1 aliphatic heterocycles.